The Balaban J connectivity index is 2.30. The summed E-state index contributed by atoms with van der Waals surface area (Å²) in [5, 5.41) is 3.01. The topological polar surface area (TPSA) is 54.2 Å². The fraction of sp³-hybridized carbons (Fsp3) is 0.500. The van der Waals surface area contributed by atoms with Crippen molar-refractivity contribution in [3.63, 3.8) is 0 Å². The molecule has 8 heteroatoms. The van der Waals surface area contributed by atoms with Crippen LogP contribution in [0.1, 0.15) is 17.7 Å². The summed E-state index contributed by atoms with van der Waals surface area (Å²) in [5.41, 5.74) is 4.92. The van der Waals surface area contributed by atoms with Crippen molar-refractivity contribution in [3.05, 3.63) is 23.4 Å². The molecule has 0 aromatic carbocycles. The van der Waals surface area contributed by atoms with Gasteiger partial charge in [-0.05, 0) is 32.1 Å². The van der Waals surface area contributed by atoms with Gasteiger partial charge in [0.15, 0.2) is 0 Å². The Morgan fingerprint density at radius 3 is 2.70 bits per heavy atom. The summed E-state index contributed by atoms with van der Waals surface area (Å²) in [7, 11) is 1.95. The Hall–Kier alpha value is -1.41. The van der Waals surface area contributed by atoms with Gasteiger partial charge in [0.05, 0.1) is 5.56 Å². The smallest absolute Gasteiger partial charge is 0.389 e. The van der Waals surface area contributed by atoms with Crippen molar-refractivity contribution in [1.29, 1.82) is 0 Å². The number of likely N-dealkylation sites (N-methyl/N-ethyl adjacent to an activating group) is 1. The number of aromatic nitrogens is 1. The second-order valence-corrected chi connectivity index (χ2v) is 5.29. The minimum absolute atomic E-state index is 0.0278. The first-order valence-corrected chi connectivity index (χ1v) is 6.51. The lowest BCUT2D eigenvalue weighted by Crippen LogP contribution is -2.26. The van der Waals surface area contributed by atoms with Crippen molar-refractivity contribution < 1.29 is 13.2 Å². The summed E-state index contributed by atoms with van der Waals surface area (Å²) < 4.78 is 38.1. The second kappa shape index (κ2) is 5.53. The molecule has 0 radical (unpaired) electrons. The number of nitrogens with two attached hydrogens (primary N) is 1. The maximum Gasteiger partial charge on any atom is 0.433 e. The van der Waals surface area contributed by atoms with Crippen LogP contribution in [0.25, 0.3) is 0 Å². The van der Waals surface area contributed by atoms with Crippen LogP contribution in [0, 0.1) is 0 Å². The highest BCUT2D eigenvalue weighted by Crippen LogP contribution is 2.30. The highest BCUT2D eigenvalue weighted by molar-refractivity contribution is 7.80. The maximum atomic E-state index is 12.7. The summed E-state index contributed by atoms with van der Waals surface area (Å²) in [6.07, 6.45) is -3.65. The van der Waals surface area contributed by atoms with E-state index >= 15 is 0 Å². The predicted octanol–water partition coefficient (Wildman–Crippen LogP) is 1.85. The number of rotatable bonds is 3. The Morgan fingerprint density at radius 1 is 1.50 bits per heavy atom. The van der Waals surface area contributed by atoms with E-state index in [9.17, 15) is 13.2 Å². The van der Waals surface area contributed by atoms with Crippen molar-refractivity contribution in [2.24, 2.45) is 5.73 Å². The molecule has 110 valence electrons. The van der Waals surface area contributed by atoms with E-state index < -0.39 is 11.9 Å². The van der Waals surface area contributed by atoms with Crippen LogP contribution in [-0.4, -0.2) is 41.1 Å². The SMILES string of the molecule is CN1CCC(Nc2nc(C(F)(F)F)ccc2C(N)=S)C1. The lowest BCUT2D eigenvalue weighted by molar-refractivity contribution is -0.141. The highest BCUT2D eigenvalue weighted by Gasteiger charge is 2.33. The number of anilines is 1. The summed E-state index contributed by atoms with van der Waals surface area (Å²) in [6.45, 7) is 1.63. The van der Waals surface area contributed by atoms with Crippen LogP contribution >= 0.6 is 12.2 Å². The van der Waals surface area contributed by atoms with Gasteiger partial charge in [0, 0.05) is 12.6 Å². The maximum absolute atomic E-state index is 12.7. The molecule has 0 bridgehead atoms. The first kappa shape index (κ1) is 15.0. The number of alkyl halides is 3. The van der Waals surface area contributed by atoms with Crippen molar-refractivity contribution in [2.45, 2.75) is 18.6 Å². The van der Waals surface area contributed by atoms with Gasteiger partial charge in [0.2, 0.25) is 0 Å². The number of hydrogen-bond acceptors (Lipinski definition) is 4. The van der Waals surface area contributed by atoms with E-state index in [0.29, 0.717) is 5.56 Å². The number of nitrogens with zero attached hydrogens (tertiary/aromatic N) is 2. The Bertz CT molecular complexity index is 518. The van der Waals surface area contributed by atoms with Crippen molar-refractivity contribution in [2.75, 3.05) is 25.5 Å². The molecule has 1 atom stereocenters. The number of likely N-dealkylation sites (tertiary alicyclic amines) is 1. The van der Waals surface area contributed by atoms with E-state index in [0.717, 1.165) is 25.6 Å². The van der Waals surface area contributed by atoms with Crippen LogP contribution in [0.4, 0.5) is 19.0 Å². The van der Waals surface area contributed by atoms with Crippen LogP contribution in [0.2, 0.25) is 0 Å². The van der Waals surface area contributed by atoms with E-state index in [2.05, 4.69) is 15.2 Å². The van der Waals surface area contributed by atoms with Gasteiger partial charge in [-0.3, -0.25) is 0 Å². The van der Waals surface area contributed by atoms with Crippen LogP contribution in [0.5, 0.6) is 0 Å². The van der Waals surface area contributed by atoms with Gasteiger partial charge in [-0.1, -0.05) is 12.2 Å². The zero-order valence-corrected chi connectivity index (χ0v) is 11.7. The molecule has 1 saturated heterocycles. The lowest BCUT2D eigenvalue weighted by Gasteiger charge is -2.17. The van der Waals surface area contributed by atoms with Gasteiger partial charge in [-0.25, -0.2) is 4.98 Å². The average molecular weight is 304 g/mol. The molecule has 1 aliphatic heterocycles. The minimum Gasteiger partial charge on any atom is -0.389 e. The molecule has 1 unspecified atom stereocenters. The second-order valence-electron chi connectivity index (χ2n) is 4.85. The van der Waals surface area contributed by atoms with Crippen LogP contribution < -0.4 is 11.1 Å². The fourth-order valence-electron chi connectivity index (χ4n) is 2.17. The summed E-state index contributed by atoms with van der Waals surface area (Å²) >= 11 is 4.86. The molecule has 0 spiro atoms. The molecule has 1 aromatic heterocycles. The van der Waals surface area contributed by atoms with Gasteiger partial charge in [0.25, 0.3) is 0 Å². The first-order valence-electron chi connectivity index (χ1n) is 6.10. The Kier molecular flexibility index (Phi) is 4.14. The molecule has 3 N–H and O–H groups in total. The molecule has 2 rings (SSSR count). The van der Waals surface area contributed by atoms with E-state index in [4.69, 9.17) is 18.0 Å². The standard InChI is InChI=1S/C12H15F3N4S/c1-19-5-4-7(6-19)17-11-8(10(16)20)2-3-9(18-11)12(13,14)15/h2-3,7H,4-6H2,1H3,(H2,16,20)(H,17,18). The van der Waals surface area contributed by atoms with Gasteiger partial charge in [0.1, 0.15) is 16.5 Å². The normalized spacial score (nSPS) is 20.1. The number of halogens is 3. The van der Waals surface area contributed by atoms with Gasteiger partial charge < -0.3 is 16.0 Å². The summed E-state index contributed by atoms with van der Waals surface area (Å²) in [6, 6.07) is 2.20. The quantitative estimate of drug-likeness (QED) is 0.835. The van der Waals surface area contributed by atoms with Crippen LogP contribution in [-0.2, 0) is 6.18 Å². The highest BCUT2D eigenvalue weighted by atomic mass is 32.1. The monoisotopic (exact) mass is 304 g/mol. The first-order chi connectivity index (χ1) is 9.27. The van der Waals surface area contributed by atoms with E-state index in [-0.39, 0.29) is 16.8 Å². The summed E-state index contributed by atoms with van der Waals surface area (Å²) in [5.74, 6) is 0.104. The average Bonchev–Trinajstić information content (AvgIpc) is 2.73. The van der Waals surface area contributed by atoms with Crippen LogP contribution in [0.3, 0.4) is 0 Å². The molecule has 1 aromatic rings. The number of hydrogen-bond donors (Lipinski definition) is 2. The third kappa shape index (κ3) is 3.37. The molecule has 4 nitrogen and oxygen atoms in total. The van der Waals surface area contributed by atoms with E-state index in [1.165, 1.54) is 6.07 Å². The Labute approximate surface area is 120 Å². The molecule has 20 heavy (non-hydrogen) atoms. The van der Waals surface area contributed by atoms with Crippen molar-refractivity contribution in [3.8, 4) is 0 Å². The van der Waals surface area contributed by atoms with E-state index in [1.54, 1.807) is 0 Å². The molecule has 0 saturated carbocycles. The molecular weight excluding hydrogens is 289 g/mol. The predicted molar refractivity (Wildman–Crippen MR) is 74.7 cm³/mol. The minimum atomic E-state index is -4.49. The van der Waals surface area contributed by atoms with Gasteiger partial charge in [-0.2, -0.15) is 13.2 Å². The third-order valence-corrected chi connectivity index (χ3v) is 3.40. The molecular formula is C12H15F3N4S. The van der Waals surface area contributed by atoms with Crippen molar-refractivity contribution >= 4 is 23.0 Å². The molecule has 0 aliphatic carbocycles. The van der Waals surface area contributed by atoms with Crippen molar-refractivity contribution in [1.82, 2.24) is 9.88 Å². The lowest BCUT2D eigenvalue weighted by atomic mass is 10.2. The number of pyridine rings is 1. The largest absolute Gasteiger partial charge is 0.433 e. The molecule has 0 amide bonds. The van der Waals surface area contributed by atoms with Crippen LogP contribution in [0.15, 0.2) is 12.1 Å². The Morgan fingerprint density at radius 2 is 2.20 bits per heavy atom. The van der Waals surface area contributed by atoms with Gasteiger partial charge in [-0.15, -0.1) is 0 Å². The molecule has 1 fully saturated rings. The van der Waals surface area contributed by atoms with Gasteiger partial charge >= 0.3 is 6.18 Å². The zero-order chi connectivity index (χ0) is 14.9. The number of nitrogens with one attached hydrogen (secondary N) is 1. The zero-order valence-electron chi connectivity index (χ0n) is 10.9. The molecule has 1 aliphatic rings. The third-order valence-electron chi connectivity index (χ3n) is 3.18. The molecule has 2 heterocycles. The fourth-order valence-corrected chi connectivity index (χ4v) is 2.34. The van der Waals surface area contributed by atoms with E-state index in [1.807, 2.05) is 7.05 Å². The number of thiocarbonyl (C=S) groups is 1. The summed E-state index contributed by atoms with van der Waals surface area (Å²) in [4.78, 5) is 5.75.